The van der Waals surface area contributed by atoms with Gasteiger partial charge in [0.15, 0.2) is 5.78 Å². The molecule has 0 aliphatic heterocycles. The average Bonchev–Trinajstić information content (AvgIpc) is 3.18. The molecule has 6 nitrogen and oxygen atoms in total. The summed E-state index contributed by atoms with van der Waals surface area (Å²) in [4.78, 5) is 22.7. The Labute approximate surface area is 162 Å². The summed E-state index contributed by atoms with van der Waals surface area (Å²) >= 11 is 0. The van der Waals surface area contributed by atoms with Gasteiger partial charge in [-0.25, -0.2) is 0 Å². The minimum atomic E-state index is -0.573. The number of nitro benzene ring substituents is 1. The molecular weight excluding hydrogens is 358 g/mol. The zero-order valence-electron chi connectivity index (χ0n) is 15.3. The van der Waals surface area contributed by atoms with E-state index in [4.69, 9.17) is 9.15 Å². The molecule has 0 fully saturated rings. The number of hydrogen-bond acceptors (Lipinski definition) is 5. The molecule has 0 spiro atoms. The molecule has 28 heavy (non-hydrogen) atoms. The number of hydrogen-bond donors (Lipinski definition) is 0. The van der Waals surface area contributed by atoms with Gasteiger partial charge in [-0.15, -0.1) is 0 Å². The highest BCUT2D eigenvalue weighted by Crippen LogP contribution is 2.20. The van der Waals surface area contributed by atoms with Gasteiger partial charge < -0.3 is 9.15 Å². The third kappa shape index (κ3) is 4.73. The molecule has 0 atom stereocenters. The van der Waals surface area contributed by atoms with E-state index < -0.39 is 10.7 Å². The normalized spacial score (nSPS) is 10.9. The summed E-state index contributed by atoms with van der Waals surface area (Å²) in [6.07, 6.45) is 3.72. The van der Waals surface area contributed by atoms with Gasteiger partial charge in [-0.2, -0.15) is 0 Å². The highest BCUT2D eigenvalue weighted by atomic mass is 16.6. The molecule has 1 heterocycles. The lowest BCUT2D eigenvalue weighted by molar-refractivity contribution is -0.385. The van der Waals surface area contributed by atoms with Crippen LogP contribution in [0.2, 0.25) is 0 Å². The van der Waals surface area contributed by atoms with Gasteiger partial charge in [-0.1, -0.05) is 31.2 Å². The predicted octanol–water partition coefficient (Wildman–Crippen LogP) is 5.23. The molecule has 0 N–H and O–H groups in total. The van der Waals surface area contributed by atoms with Crippen LogP contribution in [0.4, 0.5) is 5.69 Å². The number of nitrogens with zero attached hydrogens (tertiary/aromatic N) is 1. The lowest BCUT2D eigenvalue weighted by Crippen LogP contribution is -2.00. The SMILES string of the molecule is CCc1ccc(OCc2ccc(/C=C/C(=O)c3ccccc3[N+](=O)[O-])o2)cc1. The quantitative estimate of drug-likeness (QED) is 0.232. The van der Waals surface area contributed by atoms with Crippen molar-refractivity contribution in [2.75, 3.05) is 0 Å². The first-order valence-electron chi connectivity index (χ1n) is 8.83. The number of aryl methyl sites for hydroxylation is 1. The third-order valence-corrected chi connectivity index (χ3v) is 4.16. The minimum absolute atomic E-state index is 0.0365. The Hall–Kier alpha value is -3.67. The maximum Gasteiger partial charge on any atom is 0.280 e. The van der Waals surface area contributed by atoms with Crippen LogP contribution in [0.5, 0.6) is 5.75 Å². The number of nitro groups is 1. The third-order valence-electron chi connectivity index (χ3n) is 4.16. The predicted molar refractivity (Wildman–Crippen MR) is 105 cm³/mol. The highest BCUT2D eigenvalue weighted by Gasteiger charge is 2.17. The highest BCUT2D eigenvalue weighted by molar-refractivity contribution is 6.09. The van der Waals surface area contributed by atoms with Crippen LogP contribution >= 0.6 is 0 Å². The monoisotopic (exact) mass is 377 g/mol. The standard InChI is InChI=1S/C22H19NO5/c1-2-16-7-9-17(10-8-16)27-15-19-12-11-18(28-19)13-14-22(24)20-5-3-4-6-21(20)23(25)26/h3-14H,2,15H2,1H3/b14-13+. The summed E-state index contributed by atoms with van der Waals surface area (Å²) in [6.45, 7) is 2.35. The number of benzene rings is 2. The van der Waals surface area contributed by atoms with Crippen molar-refractivity contribution in [1.82, 2.24) is 0 Å². The van der Waals surface area contributed by atoms with E-state index in [9.17, 15) is 14.9 Å². The molecule has 0 aliphatic carbocycles. The Kier molecular flexibility index (Phi) is 6.01. The topological polar surface area (TPSA) is 82.6 Å². The zero-order valence-corrected chi connectivity index (χ0v) is 15.3. The molecule has 6 heteroatoms. The van der Waals surface area contributed by atoms with Gasteiger partial charge in [0.05, 0.1) is 10.5 Å². The van der Waals surface area contributed by atoms with Crippen LogP contribution in [0.1, 0.15) is 34.4 Å². The Balaban J connectivity index is 1.62. The first-order valence-corrected chi connectivity index (χ1v) is 8.83. The molecule has 0 aliphatic rings. The van der Waals surface area contributed by atoms with Crippen molar-refractivity contribution < 1.29 is 18.9 Å². The van der Waals surface area contributed by atoms with Gasteiger partial charge in [-0.05, 0) is 54.5 Å². The molecule has 0 bridgehead atoms. The van der Waals surface area contributed by atoms with Crippen LogP contribution in [0.3, 0.4) is 0 Å². The second-order valence-electron chi connectivity index (χ2n) is 6.06. The number of ketones is 1. The maximum atomic E-state index is 12.3. The second-order valence-corrected chi connectivity index (χ2v) is 6.06. The van der Waals surface area contributed by atoms with Crippen LogP contribution in [0.15, 0.2) is 71.2 Å². The van der Waals surface area contributed by atoms with Gasteiger partial charge >= 0.3 is 0 Å². The number of para-hydroxylation sites is 1. The van der Waals surface area contributed by atoms with E-state index in [2.05, 4.69) is 6.92 Å². The number of ether oxygens (including phenoxy) is 1. The molecule has 3 rings (SSSR count). The Bertz CT molecular complexity index is 1000. The largest absolute Gasteiger partial charge is 0.486 e. The van der Waals surface area contributed by atoms with Crippen LogP contribution in [0, 0.1) is 10.1 Å². The van der Waals surface area contributed by atoms with Gasteiger partial charge in [0, 0.05) is 6.07 Å². The van der Waals surface area contributed by atoms with Gasteiger partial charge in [-0.3, -0.25) is 14.9 Å². The molecule has 0 saturated carbocycles. The van der Waals surface area contributed by atoms with Crippen molar-refractivity contribution in [3.63, 3.8) is 0 Å². The first-order chi connectivity index (χ1) is 13.6. The van der Waals surface area contributed by atoms with E-state index >= 15 is 0 Å². The number of carbonyl (C=O) groups is 1. The van der Waals surface area contributed by atoms with Crippen molar-refractivity contribution in [3.8, 4) is 5.75 Å². The van der Waals surface area contributed by atoms with Crippen LogP contribution in [-0.2, 0) is 13.0 Å². The number of rotatable bonds is 8. The summed E-state index contributed by atoms with van der Waals surface area (Å²) in [7, 11) is 0. The molecule has 0 unspecified atom stereocenters. The fraction of sp³-hybridized carbons (Fsp3) is 0.136. The Morgan fingerprint density at radius 3 is 2.57 bits per heavy atom. The number of furan rings is 1. The van der Waals surface area contributed by atoms with E-state index in [0.29, 0.717) is 11.5 Å². The van der Waals surface area contributed by atoms with Crippen molar-refractivity contribution >= 4 is 17.5 Å². The summed E-state index contributed by atoms with van der Waals surface area (Å²) in [5.74, 6) is 1.36. The first kappa shape index (κ1) is 19.1. The van der Waals surface area contributed by atoms with Gasteiger partial charge in [0.1, 0.15) is 23.9 Å². The average molecular weight is 377 g/mol. The van der Waals surface area contributed by atoms with Crippen molar-refractivity contribution in [2.24, 2.45) is 0 Å². The summed E-state index contributed by atoms with van der Waals surface area (Å²) in [5.41, 5.74) is 1.05. The summed E-state index contributed by atoms with van der Waals surface area (Å²) in [5, 5.41) is 11.0. The van der Waals surface area contributed by atoms with Gasteiger partial charge in [0.25, 0.3) is 5.69 Å². The van der Waals surface area contributed by atoms with E-state index in [1.54, 1.807) is 18.2 Å². The molecule has 0 amide bonds. The van der Waals surface area contributed by atoms with Crippen molar-refractivity contribution in [2.45, 2.75) is 20.0 Å². The van der Waals surface area contributed by atoms with Crippen LogP contribution < -0.4 is 4.74 Å². The number of allylic oxidation sites excluding steroid dienone is 1. The van der Waals surface area contributed by atoms with Crippen LogP contribution in [-0.4, -0.2) is 10.7 Å². The van der Waals surface area contributed by atoms with E-state index in [0.717, 1.165) is 12.2 Å². The van der Waals surface area contributed by atoms with E-state index in [1.807, 2.05) is 24.3 Å². The summed E-state index contributed by atoms with van der Waals surface area (Å²) in [6, 6.07) is 17.2. The molecule has 0 radical (unpaired) electrons. The molecule has 142 valence electrons. The van der Waals surface area contributed by atoms with Crippen LogP contribution in [0.25, 0.3) is 6.08 Å². The lowest BCUT2D eigenvalue weighted by Gasteiger charge is -2.04. The maximum absolute atomic E-state index is 12.3. The van der Waals surface area contributed by atoms with Crippen molar-refractivity contribution in [1.29, 1.82) is 0 Å². The molecule has 0 saturated heterocycles. The fourth-order valence-corrected chi connectivity index (χ4v) is 2.63. The van der Waals surface area contributed by atoms with E-state index in [-0.39, 0.29) is 17.9 Å². The minimum Gasteiger partial charge on any atom is -0.486 e. The lowest BCUT2D eigenvalue weighted by atomic mass is 10.1. The zero-order chi connectivity index (χ0) is 19.9. The number of carbonyl (C=O) groups excluding carboxylic acids is 1. The Morgan fingerprint density at radius 1 is 1.11 bits per heavy atom. The second kappa shape index (κ2) is 8.81. The summed E-state index contributed by atoms with van der Waals surface area (Å²) < 4.78 is 11.3. The fourth-order valence-electron chi connectivity index (χ4n) is 2.63. The molecule has 3 aromatic rings. The smallest absolute Gasteiger partial charge is 0.280 e. The molecular formula is C22H19NO5. The van der Waals surface area contributed by atoms with Gasteiger partial charge in [0.2, 0.25) is 0 Å². The molecule has 1 aromatic heterocycles. The van der Waals surface area contributed by atoms with Crippen molar-refractivity contribution in [3.05, 3.63) is 99.5 Å². The van der Waals surface area contributed by atoms with E-state index in [1.165, 1.54) is 35.9 Å². The Morgan fingerprint density at radius 2 is 1.86 bits per heavy atom. The molecule has 2 aromatic carbocycles.